The summed E-state index contributed by atoms with van der Waals surface area (Å²) in [5, 5.41) is 10.6. The van der Waals surface area contributed by atoms with Crippen LogP contribution in [0.5, 0.6) is 0 Å². The molecule has 0 aliphatic carbocycles. The lowest BCUT2D eigenvalue weighted by atomic mass is 10.1. The molecule has 1 heterocycles. The van der Waals surface area contributed by atoms with Crippen molar-refractivity contribution < 1.29 is 19.4 Å². The summed E-state index contributed by atoms with van der Waals surface area (Å²) in [5.41, 5.74) is -0.846. The molecule has 1 rings (SSSR count). The summed E-state index contributed by atoms with van der Waals surface area (Å²) < 4.78 is 4.35. The zero-order chi connectivity index (χ0) is 15.3. The van der Waals surface area contributed by atoms with Gasteiger partial charge in [-0.15, -0.1) is 0 Å². The number of alkyl halides is 2. The van der Waals surface area contributed by atoms with E-state index in [1.165, 1.54) is 11.8 Å². The fraction of sp³-hybridized carbons (Fsp3) is 0.692. The number of rotatable bonds is 7. The smallest absolute Gasteiger partial charge is 0.302 e. The van der Waals surface area contributed by atoms with Crippen molar-refractivity contribution in [2.75, 3.05) is 13.2 Å². The molecule has 1 N–H and O–H groups in total. The first-order valence-corrected chi connectivity index (χ1v) is 8.33. The molecular weight excluding hydrogens is 394 g/mol. The lowest BCUT2D eigenvalue weighted by Crippen LogP contribution is -2.52. The third-order valence-corrected chi connectivity index (χ3v) is 4.43. The molecule has 0 saturated carbocycles. The van der Waals surface area contributed by atoms with Gasteiger partial charge in [0, 0.05) is 12.5 Å². The van der Waals surface area contributed by atoms with E-state index in [0.29, 0.717) is 12.0 Å². The van der Waals surface area contributed by atoms with Gasteiger partial charge in [-0.1, -0.05) is 45.2 Å². The maximum absolute atomic E-state index is 12.3. The minimum Gasteiger partial charge on any atom is -0.464 e. The molecule has 0 aromatic carbocycles. The van der Waals surface area contributed by atoms with Crippen LogP contribution in [-0.4, -0.2) is 44.5 Å². The molecule has 5 nitrogen and oxygen atoms in total. The Morgan fingerprint density at radius 2 is 2.20 bits per heavy atom. The summed E-state index contributed by atoms with van der Waals surface area (Å²) in [4.78, 5) is 24.4. The van der Waals surface area contributed by atoms with Crippen molar-refractivity contribution in [3.63, 3.8) is 0 Å². The van der Waals surface area contributed by atoms with Crippen molar-refractivity contribution in [1.82, 2.24) is 4.90 Å². The van der Waals surface area contributed by atoms with E-state index in [9.17, 15) is 14.7 Å². The summed E-state index contributed by atoms with van der Waals surface area (Å²) in [5.74, 6) is -0.620. The Labute approximate surface area is 135 Å². The third-order valence-electron chi connectivity index (χ3n) is 3.08. The van der Waals surface area contributed by atoms with E-state index in [-0.39, 0.29) is 19.1 Å². The summed E-state index contributed by atoms with van der Waals surface area (Å²) >= 11 is 6.52. The van der Waals surface area contributed by atoms with E-state index < -0.39 is 15.4 Å². The standard InChI is InChI=1S/C13H19Br2NO4/c1-3-4-5-10-8-13(19,12(14)15)16(11(10)18)6-7-20-9(2)17/h8,12,19H,3-7H2,1-2H3. The summed E-state index contributed by atoms with van der Waals surface area (Å²) in [6.45, 7) is 3.56. The molecule has 1 aliphatic heterocycles. The highest BCUT2D eigenvalue weighted by molar-refractivity contribution is 9.24. The van der Waals surface area contributed by atoms with E-state index >= 15 is 0 Å². The topological polar surface area (TPSA) is 66.8 Å². The number of carbonyl (C=O) groups excluding carboxylic acids is 2. The van der Waals surface area contributed by atoms with E-state index in [0.717, 1.165) is 12.8 Å². The molecule has 0 aromatic heterocycles. The Hall–Kier alpha value is -0.400. The molecule has 20 heavy (non-hydrogen) atoms. The quantitative estimate of drug-likeness (QED) is 0.514. The van der Waals surface area contributed by atoms with Gasteiger partial charge in [0.2, 0.25) is 0 Å². The predicted octanol–water partition coefficient (Wildman–Crippen LogP) is 2.31. The zero-order valence-corrected chi connectivity index (χ0v) is 14.7. The Morgan fingerprint density at radius 3 is 2.70 bits per heavy atom. The Kier molecular flexibility index (Phi) is 6.68. The zero-order valence-electron chi connectivity index (χ0n) is 11.6. The summed E-state index contributed by atoms with van der Waals surface area (Å²) in [6.07, 6.45) is 4.07. The predicted molar refractivity (Wildman–Crippen MR) is 82.5 cm³/mol. The monoisotopic (exact) mass is 411 g/mol. The number of hydrogen-bond acceptors (Lipinski definition) is 4. The Balaban J connectivity index is 2.81. The van der Waals surface area contributed by atoms with Crippen LogP contribution in [0.25, 0.3) is 0 Å². The molecular formula is C13H19Br2NO4. The second kappa shape index (κ2) is 7.56. The van der Waals surface area contributed by atoms with Crippen LogP contribution in [-0.2, 0) is 14.3 Å². The number of hydrogen-bond donors (Lipinski definition) is 1. The minimum atomic E-state index is -1.44. The second-order valence-corrected chi connectivity index (χ2v) is 7.71. The van der Waals surface area contributed by atoms with E-state index in [4.69, 9.17) is 4.74 Å². The second-order valence-electron chi connectivity index (χ2n) is 4.65. The number of aliphatic hydroxyl groups is 1. The van der Waals surface area contributed by atoms with Gasteiger partial charge in [0.05, 0.1) is 6.54 Å². The number of unbranched alkanes of at least 4 members (excludes halogenated alkanes) is 1. The van der Waals surface area contributed by atoms with E-state index in [2.05, 4.69) is 31.9 Å². The Morgan fingerprint density at radius 1 is 1.55 bits per heavy atom. The van der Waals surface area contributed by atoms with Gasteiger partial charge in [-0.3, -0.25) is 9.59 Å². The van der Waals surface area contributed by atoms with Gasteiger partial charge in [-0.05, 0) is 18.9 Å². The van der Waals surface area contributed by atoms with Gasteiger partial charge in [0.1, 0.15) is 10.3 Å². The van der Waals surface area contributed by atoms with Gasteiger partial charge in [0.25, 0.3) is 5.91 Å². The van der Waals surface area contributed by atoms with Crippen molar-refractivity contribution in [2.24, 2.45) is 0 Å². The van der Waals surface area contributed by atoms with Crippen LogP contribution in [0, 0.1) is 0 Å². The average molecular weight is 413 g/mol. The van der Waals surface area contributed by atoms with Crippen molar-refractivity contribution >= 4 is 43.7 Å². The van der Waals surface area contributed by atoms with Gasteiger partial charge < -0.3 is 14.7 Å². The molecule has 0 aromatic rings. The first-order valence-electron chi connectivity index (χ1n) is 6.50. The number of esters is 1. The number of carbonyl (C=O) groups is 2. The maximum Gasteiger partial charge on any atom is 0.302 e. The first kappa shape index (κ1) is 17.7. The van der Waals surface area contributed by atoms with Crippen LogP contribution in [0.1, 0.15) is 33.1 Å². The molecule has 114 valence electrons. The largest absolute Gasteiger partial charge is 0.464 e. The van der Waals surface area contributed by atoms with Crippen LogP contribution < -0.4 is 0 Å². The Bertz CT molecular complexity index is 411. The van der Waals surface area contributed by atoms with E-state index in [1.807, 2.05) is 6.92 Å². The fourth-order valence-corrected chi connectivity index (χ4v) is 2.78. The molecule has 0 saturated heterocycles. The van der Waals surface area contributed by atoms with Crippen LogP contribution >= 0.6 is 31.9 Å². The highest BCUT2D eigenvalue weighted by Crippen LogP contribution is 2.37. The van der Waals surface area contributed by atoms with Crippen LogP contribution in [0.15, 0.2) is 11.6 Å². The molecule has 0 radical (unpaired) electrons. The van der Waals surface area contributed by atoms with Crippen LogP contribution in [0.4, 0.5) is 0 Å². The molecule has 1 atom stereocenters. The first-order chi connectivity index (χ1) is 9.32. The molecule has 0 spiro atoms. The van der Waals surface area contributed by atoms with E-state index in [1.54, 1.807) is 6.08 Å². The summed E-state index contributed by atoms with van der Waals surface area (Å²) in [6, 6.07) is 0. The van der Waals surface area contributed by atoms with Gasteiger partial charge in [0.15, 0.2) is 5.72 Å². The van der Waals surface area contributed by atoms with Crippen LogP contribution in [0.3, 0.4) is 0 Å². The molecule has 0 bridgehead atoms. The normalized spacial score (nSPS) is 22.4. The van der Waals surface area contributed by atoms with Gasteiger partial charge in [-0.25, -0.2) is 0 Å². The number of halogens is 2. The van der Waals surface area contributed by atoms with Gasteiger partial charge in [-0.2, -0.15) is 0 Å². The molecule has 1 amide bonds. The fourth-order valence-electron chi connectivity index (χ4n) is 2.02. The highest BCUT2D eigenvalue weighted by Gasteiger charge is 2.47. The SMILES string of the molecule is CCCCC1=CC(O)(C(Br)Br)N(CCOC(C)=O)C1=O. The molecule has 1 aliphatic rings. The lowest BCUT2D eigenvalue weighted by molar-refractivity contribution is -0.149. The molecule has 1 unspecified atom stereocenters. The number of amides is 1. The van der Waals surface area contributed by atoms with Crippen LogP contribution in [0.2, 0.25) is 0 Å². The number of ether oxygens (including phenoxy) is 1. The summed E-state index contributed by atoms with van der Waals surface area (Å²) in [7, 11) is 0. The number of nitrogens with zero attached hydrogens (tertiary/aromatic N) is 1. The van der Waals surface area contributed by atoms with Crippen molar-refractivity contribution in [2.45, 2.75) is 42.6 Å². The van der Waals surface area contributed by atoms with Crippen molar-refractivity contribution in [3.8, 4) is 0 Å². The maximum atomic E-state index is 12.3. The van der Waals surface area contributed by atoms with Crippen molar-refractivity contribution in [3.05, 3.63) is 11.6 Å². The van der Waals surface area contributed by atoms with Crippen molar-refractivity contribution in [1.29, 1.82) is 0 Å². The third kappa shape index (κ3) is 4.05. The highest BCUT2D eigenvalue weighted by atomic mass is 79.9. The minimum absolute atomic E-state index is 0.0605. The lowest BCUT2D eigenvalue weighted by Gasteiger charge is -2.34. The van der Waals surface area contributed by atoms with Gasteiger partial charge >= 0.3 is 5.97 Å². The average Bonchev–Trinajstić information content (AvgIpc) is 2.61. The molecule has 7 heteroatoms. The molecule has 0 fully saturated rings.